The van der Waals surface area contributed by atoms with Gasteiger partial charge in [-0.3, -0.25) is 24.5 Å². The van der Waals surface area contributed by atoms with Crippen LogP contribution in [0.2, 0.25) is 10.2 Å². The number of piperidine rings is 1. The van der Waals surface area contributed by atoms with Gasteiger partial charge in [-0.1, -0.05) is 35.9 Å². The Bertz CT molecular complexity index is 1240. The van der Waals surface area contributed by atoms with E-state index in [9.17, 15) is 28.0 Å². The fourth-order valence-electron chi connectivity index (χ4n) is 4.40. The smallest absolute Gasteiger partial charge is 0.348 e. The number of nitrogens with zero attached hydrogens (tertiary/aromatic N) is 2. The van der Waals surface area contributed by atoms with Crippen molar-refractivity contribution in [2.75, 3.05) is 0 Å². The topological polar surface area (TPSA) is 86.8 Å². The van der Waals surface area contributed by atoms with Gasteiger partial charge in [0.25, 0.3) is 11.8 Å². The van der Waals surface area contributed by atoms with Gasteiger partial charge in [-0.15, -0.1) is 0 Å². The zero-order chi connectivity index (χ0) is 25.7. The lowest BCUT2D eigenvalue weighted by Crippen LogP contribution is -2.58. The Kier molecular flexibility index (Phi) is 6.29. The lowest BCUT2D eigenvalue weighted by atomic mass is 9.50. The quantitative estimate of drug-likeness (QED) is 0.457. The van der Waals surface area contributed by atoms with Crippen LogP contribution in [0, 0.1) is 0 Å². The highest BCUT2D eigenvalue weighted by Crippen LogP contribution is 2.35. The molecule has 1 fully saturated rings. The predicted octanol–water partition coefficient (Wildman–Crippen LogP) is -0.238. The number of halogens is 3. The SMILES string of the molecule is BN(Cc1ccc2c(c1)CN(C1CC(B)(B)C(=O)NC1=O)C2=O)C(=O)C(F)(F)c1ccc(Cl)cc1. The van der Waals surface area contributed by atoms with Crippen molar-refractivity contribution in [3.05, 3.63) is 69.7 Å². The summed E-state index contributed by atoms with van der Waals surface area (Å²) in [6.07, 6.45) is 0.196. The summed E-state index contributed by atoms with van der Waals surface area (Å²) >= 11 is 5.75. The molecular weight excluding hydrogens is 476 g/mol. The standard InChI is InChI=1S/C22H21B3ClF2N3O4/c23-21(24)8-16(17(32)29-19(21)34)30-10-12-7-11(1-6-15(12)18(30)33)9-31(25)20(35)22(27,28)13-2-4-14(26)5-3-13/h1-7,16H,8-10,23-25H2,(H,29,32,34). The van der Waals surface area contributed by atoms with E-state index < -0.39 is 34.6 Å². The second-order valence-electron chi connectivity index (χ2n) is 9.59. The van der Waals surface area contributed by atoms with Gasteiger partial charge in [-0.05, 0) is 41.0 Å². The first-order valence-corrected chi connectivity index (χ1v) is 11.4. The zero-order valence-electron chi connectivity index (χ0n) is 19.4. The van der Waals surface area contributed by atoms with Crippen LogP contribution in [0.15, 0.2) is 42.5 Å². The van der Waals surface area contributed by atoms with Crippen LogP contribution in [-0.2, 0) is 33.4 Å². The minimum atomic E-state index is -3.73. The van der Waals surface area contributed by atoms with E-state index >= 15 is 0 Å². The molecule has 0 spiro atoms. The van der Waals surface area contributed by atoms with E-state index in [4.69, 9.17) is 11.6 Å². The number of hydrogen-bond acceptors (Lipinski definition) is 4. The van der Waals surface area contributed by atoms with Crippen molar-refractivity contribution in [1.82, 2.24) is 15.0 Å². The number of hydrogen-bond donors (Lipinski definition) is 1. The fraction of sp³-hybridized carbons (Fsp3) is 0.273. The Morgan fingerprint density at radius 3 is 2.49 bits per heavy atom. The molecule has 2 heterocycles. The molecule has 4 rings (SSSR count). The van der Waals surface area contributed by atoms with Crippen LogP contribution in [0.4, 0.5) is 8.78 Å². The highest BCUT2D eigenvalue weighted by Gasteiger charge is 2.46. The van der Waals surface area contributed by atoms with E-state index in [0.29, 0.717) is 16.7 Å². The molecule has 1 N–H and O–H groups in total. The third-order valence-corrected chi connectivity index (χ3v) is 6.73. The number of carbonyl (C=O) groups is 4. The van der Waals surface area contributed by atoms with Crippen molar-refractivity contribution in [3.63, 3.8) is 0 Å². The lowest BCUT2D eigenvalue weighted by Gasteiger charge is -2.37. The third-order valence-electron chi connectivity index (χ3n) is 6.48. The summed E-state index contributed by atoms with van der Waals surface area (Å²) in [5.74, 6) is -6.35. The average Bonchev–Trinajstić information content (AvgIpc) is 3.11. The van der Waals surface area contributed by atoms with Gasteiger partial charge in [0, 0.05) is 29.2 Å². The van der Waals surface area contributed by atoms with E-state index in [-0.39, 0.29) is 36.3 Å². The van der Waals surface area contributed by atoms with Gasteiger partial charge < -0.3 is 9.71 Å². The molecule has 0 bridgehead atoms. The lowest BCUT2D eigenvalue weighted by molar-refractivity contribution is -0.154. The molecule has 0 aromatic heterocycles. The molecule has 1 atom stereocenters. The van der Waals surface area contributed by atoms with Crippen LogP contribution in [0.1, 0.15) is 33.5 Å². The Balaban J connectivity index is 1.49. The maximum Gasteiger partial charge on any atom is 0.348 e. The second-order valence-corrected chi connectivity index (χ2v) is 10.0. The first-order valence-electron chi connectivity index (χ1n) is 11.0. The molecule has 1 unspecified atom stereocenters. The summed E-state index contributed by atoms with van der Waals surface area (Å²) in [7, 11) is 4.70. The van der Waals surface area contributed by atoms with Crippen LogP contribution < -0.4 is 5.32 Å². The van der Waals surface area contributed by atoms with Gasteiger partial charge in [0.15, 0.2) is 0 Å². The molecule has 4 amide bonds. The van der Waals surface area contributed by atoms with Crippen LogP contribution in [-0.4, -0.2) is 63.1 Å². The second kappa shape index (κ2) is 8.82. The summed E-state index contributed by atoms with van der Waals surface area (Å²) in [5.41, 5.74) is 1.13. The maximum absolute atomic E-state index is 14.7. The predicted molar refractivity (Wildman–Crippen MR) is 132 cm³/mol. The minimum absolute atomic E-state index is 0.102. The van der Waals surface area contributed by atoms with Crippen LogP contribution in [0.25, 0.3) is 0 Å². The molecule has 13 heteroatoms. The van der Waals surface area contributed by atoms with Gasteiger partial charge in [0.05, 0.1) is 0 Å². The summed E-state index contributed by atoms with van der Waals surface area (Å²) < 4.78 is 29.5. The minimum Gasteiger partial charge on any atom is -0.384 e. The van der Waals surface area contributed by atoms with Gasteiger partial charge in [-0.25, -0.2) is 0 Å². The Hall–Kier alpha value is -3.14. The van der Waals surface area contributed by atoms with Gasteiger partial charge in [0.1, 0.15) is 21.7 Å². The van der Waals surface area contributed by atoms with E-state index in [0.717, 1.165) is 16.9 Å². The number of fused-ring (bicyclic) bond motifs is 1. The van der Waals surface area contributed by atoms with Crippen molar-refractivity contribution in [2.24, 2.45) is 0 Å². The van der Waals surface area contributed by atoms with Crippen molar-refractivity contribution in [1.29, 1.82) is 0 Å². The normalized spacial score (nSPS) is 19.3. The largest absolute Gasteiger partial charge is 0.384 e. The van der Waals surface area contributed by atoms with E-state index in [1.165, 1.54) is 25.0 Å². The van der Waals surface area contributed by atoms with Crippen LogP contribution in [0.3, 0.4) is 0 Å². The van der Waals surface area contributed by atoms with E-state index in [1.54, 1.807) is 33.9 Å². The molecule has 2 aliphatic rings. The zero-order valence-corrected chi connectivity index (χ0v) is 20.2. The van der Waals surface area contributed by atoms with Crippen molar-refractivity contribution in [2.45, 2.75) is 36.7 Å². The van der Waals surface area contributed by atoms with E-state index in [2.05, 4.69) is 5.32 Å². The van der Waals surface area contributed by atoms with Crippen LogP contribution >= 0.6 is 11.6 Å². The van der Waals surface area contributed by atoms with Gasteiger partial charge in [0.2, 0.25) is 19.8 Å². The summed E-state index contributed by atoms with van der Waals surface area (Å²) in [4.78, 5) is 52.3. The first kappa shape index (κ1) is 25.0. The monoisotopic (exact) mass is 497 g/mol. The summed E-state index contributed by atoms with van der Waals surface area (Å²) in [6, 6.07) is 8.86. The fourth-order valence-corrected chi connectivity index (χ4v) is 4.53. The van der Waals surface area contributed by atoms with E-state index in [1.807, 2.05) is 0 Å². The summed E-state index contributed by atoms with van der Waals surface area (Å²) in [5, 5.41) is 1.81. The van der Waals surface area contributed by atoms with Crippen LogP contribution in [0.5, 0.6) is 0 Å². The molecule has 1 saturated heterocycles. The third kappa shape index (κ3) is 4.59. The van der Waals surface area contributed by atoms with Crippen molar-refractivity contribution in [3.8, 4) is 0 Å². The Labute approximate surface area is 208 Å². The highest BCUT2D eigenvalue weighted by atomic mass is 35.5. The summed E-state index contributed by atoms with van der Waals surface area (Å²) in [6.45, 7) is 0.0396. The first-order chi connectivity index (χ1) is 16.3. The number of alkyl halides is 2. The van der Waals surface area contributed by atoms with Crippen molar-refractivity contribution >= 4 is 58.9 Å². The van der Waals surface area contributed by atoms with Crippen molar-refractivity contribution < 1.29 is 28.0 Å². The number of benzene rings is 2. The highest BCUT2D eigenvalue weighted by molar-refractivity contribution is 6.52. The Morgan fingerprint density at radius 2 is 1.83 bits per heavy atom. The molecule has 0 radical (unpaired) electrons. The molecule has 35 heavy (non-hydrogen) atoms. The number of nitrogens with one attached hydrogen (secondary N) is 1. The molecular formula is C22H21B3ClF2N3O4. The molecule has 178 valence electrons. The number of carbonyl (C=O) groups excluding carboxylic acids is 4. The molecule has 2 aromatic rings. The molecule has 7 nitrogen and oxygen atoms in total. The average molecular weight is 497 g/mol. The maximum atomic E-state index is 14.7. The van der Waals surface area contributed by atoms with Gasteiger partial charge in [-0.2, -0.15) is 8.78 Å². The number of rotatable bonds is 5. The molecule has 2 aromatic carbocycles. The molecule has 0 aliphatic carbocycles. The molecule has 0 saturated carbocycles. The Morgan fingerprint density at radius 1 is 1.17 bits per heavy atom. The van der Waals surface area contributed by atoms with Gasteiger partial charge >= 0.3 is 5.92 Å². The molecule has 2 aliphatic heterocycles. The number of imide groups is 1. The number of amides is 4.